The Morgan fingerprint density at radius 2 is 2.12 bits per heavy atom. The summed E-state index contributed by atoms with van der Waals surface area (Å²) in [7, 11) is 0. The molecule has 2 heterocycles. The Labute approximate surface area is 141 Å². The molecule has 1 aromatic carbocycles. The summed E-state index contributed by atoms with van der Waals surface area (Å²) in [4.78, 5) is 28.2. The third-order valence-corrected chi connectivity index (χ3v) is 4.35. The molecular weight excluding hydrogens is 333 g/mol. The number of aliphatic imine (C=N–C) groups is 1. The first-order valence-corrected chi connectivity index (χ1v) is 8.08. The molecule has 0 radical (unpaired) electrons. The molecule has 0 spiro atoms. The number of furan rings is 1. The number of carbonyl (C=O) groups excluding carboxylic acids is 2. The van der Waals surface area contributed by atoms with Gasteiger partial charge in [-0.2, -0.15) is 0 Å². The van der Waals surface area contributed by atoms with Crippen LogP contribution in [0.25, 0.3) is 0 Å². The van der Waals surface area contributed by atoms with Gasteiger partial charge in [-0.25, -0.2) is 4.39 Å². The van der Waals surface area contributed by atoms with Crippen molar-refractivity contribution in [2.45, 2.75) is 18.2 Å². The van der Waals surface area contributed by atoms with Crippen LogP contribution in [0.1, 0.15) is 12.2 Å². The first-order chi connectivity index (χ1) is 11.6. The average molecular weight is 347 g/mol. The quantitative estimate of drug-likeness (QED) is 0.871. The highest BCUT2D eigenvalue weighted by Crippen LogP contribution is 2.23. The van der Waals surface area contributed by atoms with Gasteiger partial charge in [0.05, 0.1) is 12.8 Å². The summed E-state index contributed by atoms with van der Waals surface area (Å²) in [6.45, 7) is 0.324. The topological polar surface area (TPSA) is 83.7 Å². The largest absolute Gasteiger partial charge is 0.467 e. The third-order valence-electron chi connectivity index (χ3n) is 3.23. The lowest BCUT2D eigenvalue weighted by Crippen LogP contribution is -2.28. The molecule has 24 heavy (non-hydrogen) atoms. The summed E-state index contributed by atoms with van der Waals surface area (Å²) in [5.74, 6) is -0.264. The molecule has 2 amide bonds. The maximum atomic E-state index is 12.8. The molecule has 3 rings (SSSR count). The van der Waals surface area contributed by atoms with Gasteiger partial charge < -0.3 is 15.1 Å². The highest BCUT2D eigenvalue weighted by atomic mass is 32.2. The van der Waals surface area contributed by atoms with Crippen molar-refractivity contribution in [1.82, 2.24) is 5.32 Å². The predicted molar refractivity (Wildman–Crippen MR) is 89.0 cm³/mol. The minimum absolute atomic E-state index is 0.00759. The minimum atomic E-state index is -0.541. The van der Waals surface area contributed by atoms with Crippen molar-refractivity contribution in [2.75, 3.05) is 5.32 Å². The molecule has 1 atom stereocenters. The van der Waals surface area contributed by atoms with Crippen molar-refractivity contribution in [3.63, 3.8) is 0 Å². The maximum absolute atomic E-state index is 12.8. The fourth-order valence-electron chi connectivity index (χ4n) is 2.08. The van der Waals surface area contributed by atoms with Crippen LogP contribution in [-0.4, -0.2) is 22.2 Å². The second-order valence-corrected chi connectivity index (χ2v) is 6.25. The number of halogens is 1. The van der Waals surface area contributed by atoms with Gasteiger partial charge in [-0.1, -0.05) is 11.8 Å². The van der Waals surface area contributed by atoms with Gasteiger partial charge in [0.1, 0.15) is 16.8 Å². The number of amidine groups is 1. The summed E-state index contributed by atoms with van der Waals surface area (Å²) in [6, 6.07) is 8.99. The summed E-state index contributed by atoms with van der Waals surface area (Å²) >= 11 is 1.21. The standard InChI is InChI=1S/C16H14FN3O3S/c17-10-3-5-11(6-4-10)19-14(21)8-13-15(22)20-16(24-13)18-9-12-2-1-7-23-12/h1-7,13H,8-9H2,(H,19,21)(H,18,20,22). The van der Waals surface area contributed by atoms with Crippen molar-refractivity contribution in [1.29, 1.82) is 0 Å². The molecular formula is C16H14FN3O3S. The van der Waals surface area contributed by atoms with Gasteiger partial charge in [0.25, 0.3) is 0 Å². The molecule has 0 bridgehead atoms. The third kappa shape index (κ3) is 4.23. The second kappa shape index (κ2) is 7.31. The van der Waals surface area contributed by atoms with Crippen molar-refractivity contribution >= 4 is 34.4 Å². The highest BCUT2D eigenvalue weighted by Gasteiger charge is 2.32. The average Bonchev–Trinajstić information content (AvgIpc) is 3.18. The van der Waals surface area contributed by atoms with Crippen molar-refractivity contribution in [3.8, 4) is 0 Å². The van der Waals surface area contributed by atoms with Crippen LogP contribution in [0.5, 0.6) is 0 Å². The molecule has 0 aliphatic carbocycles. The normalized spacial score (nSPS) is 18.6. The molecule has 6 nitrogen and oxygen atoms in total. The van der Waals surface area contributed by atoms with E-state index in [4.69, 9.17) is 4.42 Å². The molecule has 2 N–H and O–H groups in total. The van der Waals surface area contributed by atoms with E-state index in [9.17, 15) is 14.0 Å². The van der Waals surface area contributed by atoms with Gasteiger partial charge in [-0.3, -0.25) is 14.6 Å². The number of anilines is 1. The molecule has 1 aliphatic rings. The predicted octanol–water partition coefficient (Wildman–Crippen LogP) is 2.54. The Morgan fingerprint density at radius 1 is 1.33 bits per heavy atom. The van der Waals surface area contributed by atoms with Crippen LogP contribution in [0.15, 0.2) is 52.1 Å². The molecule has 1 fully saturated rings. The van der Waals surface area contributed by atoms with Crippen molar-refractivity contribution in [2.24, 2.45) is 4.99 Å². The van der Waals surface area contributed by atoms with E-state index < -0.39 is 5.25 Å². The fourth-order valence-corrected chi connectivity index (χ4v) is 3.05. The van der Waals surface area contributed by atoms with E-state index in [-0.39, 0.29) is 24.1 Å². The lowest BCUT2D eigenvalue weighted by Gasteiger charge is -2.07. The minimum Gasteiger partial charge on any atom is -0.467 e. The summed E-state index contributed by atoms with van der Waals surface area (Å²) in [5, 5.41) is 5.21. The molecule has 1 unspecified atom stereocenters. The number of rotatable bonds is 5. The zero-order chi connectivity index (χ0) is 16.9. The Bertz CT molecular complexity index is 759. The number of nitrogens with one attached hydrogen (secondary N) is 2. The Balaban J connectivity index is 1.53. The van der Waals surface area contributed by atoms with E-state index in [2.05, 4.69) is 15.6 Å². The summed E-state index contributed by atoms with van der Waals surface area (Å²) in [6.07, 6.45) is 1.56. The highest BCUT2D eigenvalue weighted by molar-refractivity contribution is 8.15. The van der Waals surface area contributed by atoms with Gasteiger partial charge in [0, 0.05) is 12.1 Å². The molecule has 124 valence electrons. The van der Waals surface area contributed by atoms with E-state index in [0.29, 0.717) is 23.2 Å². The first-order valence-electron chi connectivity index (χ1n) is 7.20. The summed E-state index contributed by atoms with van der Waals surface area (Å²) < 4.78 is 18.0. The molecule has 8 heteroatoms. The number of benzene rings is 1. The zero-order valence-electron chi connectivity index (χ0n) is 12.5. The van der Waals surface area contributed by atoms with E-state index in [0.717, 1.165) is 0 Å². The maximum Gasteiger partial charge on any atom is 0.240 e. The van der Waals surface area contributed by atoms with E-state index in [1.54, 1.807) is 18.4 Å². The SMILES string of the molecule is O=C(CC1SC(=NCc2ccco2)NC1=O)Nc1ccc(F)cc1. The Kier molecular flexibility index (Phi) is 4.95. The van der Waals surface area contributed by atoms with Crippen LogP contribution in [0.3, 0.4) is 0 Å². The molecule has 1 aromatic heterocycles. The number of hydrogen-bond acceptors (Lipinski definition) is 5. The number of thioether (sulfide) groups is 1. The number of hydrogen-bond donors (Lipinski definition) is 2. The molecule has 0 saturated carbocycles. The monoisotopic (exact) mass is 347 g/mol. The lowest BCUT2D eigenvalue weighted by molar-refractivity contribution is -0.122. The van der Waals surface area contributed by atoms with Crippen LogP contribution >= 0.6 is 11.8 Å². The molecule has 2 aromatic rings. The van der Waals surface area contributed by atoms with E-state index in [1.807, 2.05) is 0 Å². The van der Waals surface area contributed by atoms with Crippen LogP contribution in [0.2, 0.25) is 0 Å². The lowest BCUT2D eigenvalue weighted by atomic mass is 10.2. The van der Waals surface area contributed by atoms with Gasteiger partial charge >= 0.3 is 0 Å². The van der Waals surface area contributed by atoms with Gasteiger partial charge in [0.15, 0.2) is 5.17 Å². The fraction of sp³-hybridized carbons (Fsp3) is 0.188. The van der Waals surface area contributed by atoms with Gasteiger partial charge in [-0.15, -0.1) is 0 Å². The number of carbonyl (C=O) groups is 2. The van der Waals surface area contributed by atoms with Crippen LogP contribution < -0.4 is 10.6 Å². The van der Waals surface area contributed by atoms with E-state index >= 15 is 0 Å². The first kappa shape index (κ1) is 16.3. The van der Waals surface area contributed by atoms with Crippen LogP contribution in [0, 0.1) is 5.82 Å². The van der Waals surface area contributed by atoms with E-state index in [1.165, 1.54) is 36.0 Å². The van der Waals surface area contributed by atoms with Gasteiger partial charge in [0.2, 0.25) is 11.8 Å². The Morgan fingerprint density at radius 3 is 2.83 bits per heavy atom. The number of amides is 2. The zero-order valence-corrected chi connectivity index (χ0v) is 13.3. The smallest absolute Gasteiger partial charge is 0.240 e. The molecule has 1 saturated heterocycles. The van der Waals surface area contributed by atoms with Crippen molar-refractivity contribution < 1.29 is 18.4 Å². The van der Waals surface area contributed by atoms with Crippen LogP contribution in [-0.2, 0) is 16.1 Å². The Hall–Kier alpha value is -2.61. The summed E-state index contributed by atoms with van der Waals surface area (Å²) in [5.41, 5.74) is 0.483. The number of nitrogens with zero attached hydrogens (tertiary/aromatic N) is 1. The molecule has 1 aliphatic heterocycles. The second-order valence-electron chi connectivity index (χ2n) is 5.06. The van der Waals surface area contributed by atoms with Crippen LogP contribution in [0.4, 0.5) is 10.1 Å². The van der Waals surface area contributed by atoms with Gasteiger partial charge in [-0.05, 0) is 36.4 Å². The van der Waals surface area contributed by atoms with Crippen molar-refractivity contribution in [3.05, 3.63) is 54.2 Å².